The maximum absolute atomic E-state index is 12.9. The molecule has 8 heteroatoms. The van der Waals surface area contributed by atoms with Gasteiger partial charge in [-0.05, 0) is 36.4 Å². The molecule has 132 valence electrons. The van der Waals surface area contributed by atoms with Crippen LogP contribution < -0.4 is 13.9 Å². The smallest absolute Gasteiger partial charge is 0.264 e. The molecule has 0 aliphatic carbocycles. The van der Waals surface area contributed by atoms with Gasteiger partial charge in [0.25, 0.3) is 10.0 Å². The Bertz CT molecular complexity index is 913. The highest BCUT2D eigenvalue weighted by molar-refractivity contribution is 9.10. The highest BCUT2D eigenvalue weighted by atomic mass is 79.9. The summed E-state index contributed by atoms with van der Waals surface area (Å²) in [6.07, 6.45) is 0. The first-order chi connectivity index (χ1) is 11.8. The monoisotopic (exact) mass is 424 g/mol. The zero-order valence-electron chi connectivity index (χ0n) is 13.8. The first kappa shape index (κ1) is 17.8. The van der Waals surface area contributed by atoms with Crippen LogP contribution >= 0.6 is 15.9 Å². The highest BCUT2D eigenvalue weighted by Gasteiger charge is 2.26. The highest BCUT2D eigenvalue weighted by Crippen LogP contribution is 2.35. The van der Waals surface area contributed by atoms with Crippen LogP contribution in [0.25, 0.3) is 0 Å². The fraction of sp³-hybridized carbons (Fsp3) is 0.235. The molecule has 1 amide bonds. The number of sulfonamides is 1. The average Bonchev–Trinajstić information content (AvgIpc) is 2.60. The van der Waals surface area contributed by atoms with E-state index in [0.717, 1.165) is 4.47 Å². The van der Waals surface area contributed by atoms with Crippen molar-refractivity contribution in [1.29, 1.82) is 0 Å². The first-order valence-electron chi connectivity index (χ1n) is 7.60. The molecule has 0 fully saturated rings. The maximum Gasteiger partial charge on any atom is 0.264 e. The molecule has 2 aromatic carbocycles. The average molecular weight is 425 g/mol. The van der Waals surface area contributed by atoms with E-state index in [4.69, 9.17) is 4.74 Å². The molecule has 1 aliphatic heterocycles. The van der Waals surface area contributed by atoms with E-state index in [1.165, 1.54) is 30.4 Å². The number of halogens is 1. The van der Waals surface area contributed by atoms with Crippen molar-refractivity contribution in [2.45, 2.75) is 11.8 Å². The molecule has 6 nitrogen and oxygen atoms in total. The summed E-state index contributed by atoms with van der Waals surface area (Å²) >= 11 is 3.33. The normalized spacial score (nSPS) is 13.8. The molecule has 0 N–H and O–H groups in total. The Balaban J connectivity index is 1.98. The molecule has 3 rings (SSSR count). The molecule has 0 radical (unpaired) electrons. The number of rotatable bonds is 3. The van der Waals surface area contributed by atoms with Crippen molar-refractivity contribution in [2.75, 3.05) is 29.4 Å². The topological polar surface area (TPSA) is 66.9 Å². The number of benzene rings is 2. The summed E-state index contributed by atoms with van der Waals surface area (Å²) < 4.78 is 33.4. The lowest BCUT2D eigenvalue weighted by Gasteiger charge is -2.29. The number of fused-ring (bicyclic) bond motifs is 1. The fourth-order valence-electron chi connectivity index (χ4n) is 2.64. The molecular formula is C17H17BrN2O4S. The van der Waals surface area contributed by atoms with Gasteiger partial charge in [-0.1, -0.05) is 15.9 Å². The Morgan fingerprint density at radius 1 is 1.20 bits per heavy atom. The second-order valence-corrected chi connectivity index (χ2v) is 8.48. The van der Waals surface area contributed by atoms with Crippen LogP contribution in [0, 0.1) is 0 Å². The molecule has 0 bridgehead atoms. The molecule has 0 saturated carbocycles. The van der Waals surface area contributed by atoms with Crippen molar-refractivity contribution in [1.82, 2.24) is 0 Å². The van der Waals surface area contributed by atoms with E-state index in [9.17, 15) is 13.2 Å². The van der Waals surface area contributed by atoms with Crippen LogP contribution in [0.4, 0.5) is 11.4 Å². The van der Waals surface area contributed by atoms with E-state index in [-0.39, 0.29) is 10.8 Å². The van der Waals surface area contributed by atoms with Crippen LogP contribution in [0.5, 0.6) is 5.75 Å². The molecular weight excluding hydrogens is 408 g/mol. The maximum atomic E-state index is 12.9. The summed E-state index contributed by atoms with van der Waals surface area (Å²) in [6, 6.07) is 11.6. The number of nitrogens with zero attached hydrogens (tertiary/aromatic N) is 2. The number of carbonyl (C=O) groups is 1. The predicted octanol–water partition coefficient (Wildman–Crippen LogP) is 3.02. The van der Waals surface area contributed by atoms with Gasteiger partial charge in [-0.2, -0.15) is 0 Å². The van der Waals surface area contributed by atoms with Crippen molar-refractivity contribution >= 4 is 43.2 Å². The van der Waals surface area contributed by atoms with Gasteiger partial charge in [0.1, 0.15) is 12.4 Å². The van der Waals surface area contributed by atoms with Crippen molar-refractivity contribution < 1.29 is 17.9 Å². The van der Waals surface area contributed by atoms with Gasteiger partial charge in [0, 0.05) is 24.5 Å². The zero-order chi connectivity index (χ0) is 18.2. The van der Waals surface area contributed by atoms with Crippen LogP contribution in [0.15, 0.2) is 51.8 Å². The minimum absolute atomic E-state index is 0.105. The van der Waals surface area contributed by atoms with Crippen LogP contribution in [-0.4, -0.2) is 34.5 Å². The summed E-state index contributed by atoms with van der Waals surface area (Å²) in [4.78, 5) is 13.4. The number of hydrogen-bond acceptors (Lipinski definition) is 4. The lowest BCUT2D eigenvalue weighted by atomic mass is 10.2. The molecule has 0 unspecified atom stereocenters. The quantitative estimate of drug-likeness (QED) is 0.759. The lowest BCUT2D eigenvalue weighted by molar-refractivity contribution is -0.116. The standard InChI is InChI=1S/C17H17BrN2O4S/c1-12(21)20-9-10-24-17-11-15(7-8-16(17)20)25(22,23)19(2)14-5-3-13(18)4-6-14/h3-8,11H,9-10H2,1-2H3. The van der Waals surface area contributed by atoms with Gasteiger partial charge in [0.15, 0.2) is 0 Å². The number of carbonyl (C=O) groups excluding carboxylic acids is 1. The largest absolute Gasteiger partial charge is 0.489 e. The summed E-state index contributed by atoms with van der Waals surface area (Å²) in [5.41, 5.74) is 1.14. The molecule has 25 heavy (non-hydrogen) atoms. The van der Waals surface area contributed by atoms with Gasteiger partial charge < -0.3 is 9.64 Å². The second kappa shape index (κ2) is 6.68. The van der Waals surface area contributed by atoms with E-state index in [1.807, 2.05) is 0 Å². The zero-order valence-corrected chi connectivity index (χ0v) is 16.2. The molecule has 0 spiro atoms. The Hall–Kier alpha value is -2.06. The van der Waals surface area contributed by atoms with Crippen LogP contribution in [0.3, 0.4) is 0 Å². The van der Waals surface area contributed by atoms with Crippen LogP contribution in [0.2, 0.25) is 0 Å². The van der Waals surface area contributed by atoms with Gasteiger partial charge >= 0.3 is 0 Å². The summed E-state index contributed by atoms with van der Waals surface area (Å²) in [5.74, 6) is 0.291. The molecule has 1 heterocycles. The molecule has 0 atom stereocenters. The molecule has 0 aromatic heterocycles. The first-order valence-corrected chi connectivity index (χ1v) is 9.83. The third kappa shape index (κ3) is 3.36. The number of amides is 1. The van der Waals surface area contributed by atoms with E-state index in [1.54, 1.807) is 35.2 Å². The summed E-state index contributed by atoms with van der Waals surface area (Å²) in [6.45, 7) is 2.26. The molecule has 2 aromatic rings. The van der Waals surface area contributed by atoms with Crippen LogP contribution in [0.1, 0.15) is 6.92 Å². The Morgan fingerprint density at radius 3 is 2.52 bits per heavy atom. The summed E-state index contributed by atoms with van der Waals surface area (Å²) in [7, 11) is -2.24. The number of anilines is 2. The third-order valence-electron chi connectivity index (χ3n) is 4.02. The van der Waals surface area contributed by atoms with Gasteiger partial charge in [-0.15, -0.1) is 0 Å². The SMILES string of the molecule is CC(=O)N1CCOc2cc(S(=O)(=O)N(C)c3ccc(Br)cc3)ccc21. The van der Waals surface area contributed by atoms with Crippen molar-refractivity contribution in [2.24, 2.45) is 0 Å². The lowest BCUT2D eigenvalue weighted by Crippen LogP contribution is -2.36. The Kier molecular flexibility index (Phi) is 4.75. The van der Waals surface area contributed by atoms with Gasteiger partial charge in [0.05, 0.1) is 22.8 Å². The predicted molar refractivity (Wildman–Crippen MR) is 99.7 cm³/mol. The van der Waals surface area contributed by atoms with Crippen molar-refractivity contribution in [3.63, 3.8) is 0 Å². The van der Waals surface area contributed by atoms with Gasteiger partial charge in [-0.25, -0.2) is 8.42 Å². The Labute approximate surface area is 155 Å². The van der Waals surface area contributed by atoms with Gasteiger partial charge in [-0.3, -0.25) is 9.10 Å². The Morgan fingerprint density at radius 2 is 1.88 bits per heavy atom. The van der Waals surface area contributed by atoms with E-state index in [2.05, 4.69) is 15.9 Å². The fourth-order valence-corrected chi connectivity index (χ4v) is 4.11. The van der Waals surface area contributed by atoms with Crippen molar-refractivity contribution in [3.8, 4) is 5.75 Å². The summed E-state index contributed by atoms with van der Waals surface area (Å²) in [5, 5.41) is 0. The number of ether oxygens (including phenoxy) is 1. The number of hydrogen-bond donors (Lipinski definition) is 0. The molecule has 0 saturated heterocycles. The van der Waals surface area contributed by atoms with Crippen LogP contribution in [-0.2, 0) is 14.8 Å². The minimum Gasteiger partial charge on any atom is -0.489 e. The minimum atomic E-state index is -3.74. The van der Waals surface area contributed by atoms with E-state index < -0.39 is 10.0 Å². The van der Waals surface area contributed by atoms with Crippen molar-refractivity contribution in [3.05, 3.63) is 46.9 Å². The van der Waals surface area contributed by atoms with Gasteiger partial charge in [0.2, 0.25) is 5.91 Å². The third-order valence-corrected chi connectivity index (χ3v) is 6.33. The van der Waals surface area contributed by atoms with E-state index in [0.29, 0.717) is 30.3 Å². The molecule has 1 aliphatic rings. The van der Waals surface area contributed by atoms with E-state index >= 15 is 0 Å². The second-order valence-electron chi connectivity index (χ2n) is 5.60.